The Morgan fingerprint density at radius 2 is 2.14 bits per heavy atom. The van der Waals surface area contributed by atoms with Crippen LogP contribution in [0.1, 0.15) is 12.6 Å². The first kappa shape index (κ1) is 18.6. The van der Waals surface area contributed by atoms with Crippen LogP contribution in [0.4, 0.5) is 0 Å². The van der Waals surface area contributed by atoms with Gasteiger partial charge in [0.05, 0.1) is 5.69 Å². The summed E-state index contributed by atoms with van der Waals surface area (Å²) >= 11 is 1.60. The molecule has 0 spiro atoms. The average molecular weight is 395 g/mol. The van der Waals surface area contributed by atoms with Gasteiger partial charge in [-0.15, -0.1) is 11.3 Å². The summed E-state index contributed by atoms with van der Waals surface area (Å²) in [5, 5.41) is 19.9. The van der Waals surface area contributed by atoms with Crippen molar-refractivity contribution in [1.82, 2.24) is 15.5 Å². The van der Waals surface area contributed by atoms with Crippen LogP contribution >= 0.6 is 11.3 Å². The van der Waals surface area contributed by atoms with Crippen LogP contribution in [0, 0.1) is 0 Å². The van der Waals surface area contributed by atoms with Gasteiger partial charge in [0.25, 0.3) is 0 Å². The van der Waals surface area contributed by atoms with Crippen molar-refractivity contribution in [1.29, 1.82) is 0 Å². The maximum absolute atomic E-state index is 10.6. The Bertz CT molecular complexity index is 1040. The quantitative estimate of drug-likeness (QED) is 0.471. The summed E-state index contributed by atoms with van der Waals surface area (Å²) in [7, 11) is 0. The molecule has 0 aliphatic heterocycles. The highest BCUT2D eigenvalue weighted by atomic mass is 32.1. The van der Waals surface area contributed by atoms with Gasteiger partial charge in [-0.1, -0.05) is 23.4 Å². The zero-order chi connectivity index (χ0) is 19.4. The molecule has 4 rings (SSSR count). The SMILES string of the molecule is C[C@](O)(CNCc1ccccn1)COc1cccc(-c2noc3ccsc23)c1. The van der Waals surface area contributed by atoms with E-state index < -0.39 is 5.60 Å². The van der Waals surface area contributed by atoms with E-state index in [2.05, 4.69) is 15.5 Å². The van der Waals surface area contributed by atoms with Crippen molar-refractivity contribution in [2.75, 3.05) is 13.2 Å². The van der Waals surface area contributed by atoms with Crippen LogP contribution in [0.25, 0.3) is 21.5 Å². The van der Waals surface area contributed by atoms with Crippen LogP contribution < -0.4 is 10.1 Å². The van der Waals surface area contributed by atoms with Crippen molar-refractivity contribution >= 4 is 21.6 Å². The van der Waals surface area contributed by atoms with Crippen molar-refractivity contribution in [3.05, 3.63) is 65.8 Å². The van der Waals surface area contributed by atoms with Gasteiger partial charge < -0.3 is 19.7 Å². The maximum Gasteiger partial charge on any atom is 0.178 e. The second kappa shape index (κ2) is 8.10. The molecular formula is C21H21N3O3S. The first-order valence-corrected chi connectivity index (χ1v) is 9.88. The molecule has 0 saturated carbocycles. The lowest BCUT2D eigenvalue weighted by molar-refractivity contribution is 0.0120. The van der Waals surface area contributed by atoms with Crippen LogP contribution in [0.5, 0.6) is 5.75 Å². The predicted octanol–water partition coefficient (Wildman–Crippen LogP) is 3.87. The Hall–Kier alpha value is -2.74. The fourth-order valence-corrected chi connectivity index (χ4v) is 3.66. The number of nitrogens with one attached hydrogen (secondary N) is 1. The van der Waals surface area contributed by atoms with E-state index in [0.29, 0.717) is 18.8 Å². The number of rotatable bonds is 8. The molecule has 0 saturated heterocycles. The minimum atomic E-state index is -1.01. The van der Waals surface area contributed by atoms with Crippen LogP contribution in [-0.4, -0.2) is 34.0 Å². The Morgan fingerprint density at radius 1 is 1.21 bits per heavy atom. The molecule has 0 unspecified atom stereocenters. The van der Waals surface area contributed by atoms with Crippen LogP contribution in [-0.2, 0) is 6.54 Å². The molecular weight excluding hydrogens is 374 g/mol. The normalized spacial score (nSPS) is 13.5. The van der Waals surface area contributed by atoms with Crippen LogP contribution in [0.3, 0.4) is 0 Å². The number of nitrogens with zero attached hydrogens (tertiary/aromatic N) is 2. The predicted molar refractivity (Wildman–Crippen MR) is 109 cm³/mol. The van der Waals surface area contributed by atoms with Gasteiger partial charge in [0.15, 0.2) is 5.58 Å². The number of aromatic nitrogens is 2. The van der Waals surface area contributed by atoms with Gasteiger partial charge in [-0.05, 0) is 42.6 Å². The van der Waals surface area contributed by atoms with Gasteiger partial charge >= 0.3 is 0 Å². The minimum absolute atomic E-state index is 0.166. The number of hydrogen-bond donors (Lipinski definition) is 2. The highest BCUT2D eigenvalue weighted by molar-refractivity contribution is 7.17. The molecule has 0 amide bonds. The average Bonchev–Trinajstić information content (AvgIpc) is 3.31. The number of thiophene rings is 1. The molecule has 1 aromatic carbocycles. The first-order valence-electron chi connectivity index (χ1n) is 9.00. The van der Waals surface area contributed by atoms with E-state index in [1.54, 1.807) is 24.5 Å². The van der Waals surface area contributed by atoms with Gasteiger partial charge in [-0.2, -0.15) is 0 Å². The van der Waals surface area contributed by atoms with Gasteiger partial charge in [0.2, 0.25) is 0 Å². The fraction of sp³-hybridized carbons (Fsp3) is 0.238. The largest absolute Gasteiger partial charge is 0.491 e. The molecule has 4 aromatic rings. The zero-order valence-corrected chi connectivity index (χ0v) is 16.3. The summed E-state index contributed by atoms with van der Waals surface area (Å²) < 4.78 is 12.2. The molecule has 0 radical (unpaired) electrons. The molecule has 3 aromatic heterocycles. The summed E-state index contributed by atoms with van der Waals surface area (Å²) in [6.07, 6.45) is 1.75. The summed E-state index contributed by atoms with van der Waals surface area (Å²) in [5.41, 5.74) is 2.43. The lowest BCUT2D eigenvalue weighted by Gasteiger charge is -2.24. The first-order chi connectivity index (χ1) is 13.6. The molecule has 144 valence electrons. The second-order valence-electron chi connectivity index (χ2n) is 6.88. The highest BCUT2D eigenvalue weighted by Gasteiger charge is 2.21. The Labute approximate surface area is 166 Å². The minimum Gasteiger partial charge on any atom is -0.491 e. The molecule has 1 atom stereocenters. The standard InChI is InChI=1S/C21H21N3O3S/c1-21(25,13-22-12-16-6-2-3-9-23-16)14-26-17-7-4-5-15(11-17)19-20-18(27-24-19)8-10-28-20/h2-11,22,25H,12-14H2,1H3/t21-/m0/s1. The van der Waals surface area contributed by atoms with E-state index >= 15 is 0 Å². The number of fused-ring (bicyclic) bond motifs is 1. The van der Waals surface area contributed by atoms with E-state index in [9.17, 15) is 5.11 Å². The van der Waals surface area contributed by atoms with Crippen molar-refractivity contribution in [3.8, 4) is 17.0 Å². The molecule has 2 N–H and O–H groups in total. The maximum atomic E-state index is 10.6. The van der Waals surface area contributed by atoms with Crippen molar-refractivity contribution in [3.63, 3.8) is 0 Å². The van der Waals surface area contributed by atoms with Gasteiger partial charge in [-0.25, -0.2) is 0 Å². The van der Waals surface area contributed by atoms with Crippen LogP contribution in [0.15, 0.2) is 64.6 Å². The fourth-order valence-electron chi connectivity index (χ4n) is 2.85. The number of aliphatic hydroxyl groups is 1. The Kier molecular flexibility index (Phi) is 5.38. The summed E-state index contributed by atoms with van der Waals surface area (Å²) in [5.74, 6) is 0.676. The third kappa shape index (κ3) is 4.39. The van der Waals surface area contributed by atoms with E-state index in [1.807, 2.05) is 53.9 Å². The van der Waals surface area contributed by atoms with Crippen molar-refractivity contribution in [2.24, 2.45) is 0 Å². The highest BCUT2D eigenvalue weighted by Crippen LogP contribution is 2.33. The molecule has 0 aliphatic rings. The number of pyridine rings is 1. The molecule has 6 nitrogen and oxygen atoms in total. The number of ether oxygens (including phenoxy) is 1. The number of benzene rings is 1. The van der Waals surface area contributed by atoms with E-state index in [1.165, 1.54) is 0 Å². The lowest BCUT2D eigenvalue weighted by Crippen LogP contribution is -2.42. The van der Waals surface area contributed by atoms with Crippen molar-refractivity contribution < 1.29 is 14.4 Å². The van der Waals surface area contributed by atoms with E-state index in [0.717, 1.165) is 27.2 Å². The van der Waals surface area contributed by atoms with E-state index in [4.69, 9.17) is 9.26 Å². The third-order valence-electron chi connectivity index (χ3n) is 4.27. The Morgan fingerprint density at radius 3 is 3.00 bits per heavy atom. The smallest absolute Gasteiger partial charge is 0.178 e. The molecule has 3 heterocycles. The zero-order valence-electron chi connectivity index (χ0n) is 15.5. The van der Waals surface area contributed by atoms with Crippen molar-refractivity contribution in [2.45, 2.75) is 19.1 Å². The topological polar surface area (TPSA) is 80.4 Å². The third-order valence-corrected chi connectivity index (χ3v) is 5.18. The van der Waals surface area contributed by atoms with Gasteiger partial charge in [-0.3, -0.25) is 4.98 Å². The summed E-state index contributed by atoms with van der Waals surface area (Å²) in [6.45, 7) is 2.89. The molecule has 0 fully saturated rings. The number of hydrogen-bond acceptors (Lipinski definition) is 7. The second-order valence-corrected chi connectivity index (χ2v) is 7.80. The summed E-state index contributed by atoms with van der Waals surface area (Å²) in [6, 6.07) is 15.3. The molecule has 0 bridgehead atoms. The summed E-state index contributed by atoms with van der Waals surface area (Å²) in [4.78, 5) is 4.26. The molecule has 0 aliphatic carbocycles. The monoisotopic (exact) mass is 395 g/mol. The van der Waals surface area contributed by atoms with Gasteiger partial charge in [0.1, 0.15) is 28.4 Å². The molecule has 28 heavy (non-hydrogen) atoms. The van der Waals surface area contributed by atoms with Gasteiger partial charge in [0, 0.05) is 24.8 Å². The molecule has 7 heteroatoms. The van der Waals surface area contributed by atoms with Crippen LogP contribution in [0.2, 0.25) is 0 Å². The Balaban J connectivity index is 1.36. The van der Waals surface area contributed by atoms with E-state index in [-0.39, 0.29) is 6.61 Å². The lowest BCUT2D eigenvalue weighted by atomic mass is 10.1.